The summed E-state index contributed by atoms with van der Waals surface area (Å²) in [6.45, 7) is -0.309. The normalized spacial score (nSPS) is 11.7. The van der Waals surface area contributed by atoms with Crippen molar-refractivity contribution in [1.29, 1.82) is 0 Å². The van der Waals surface area contributed by atoms with Gasteiger partial charge in [0.2, 0.25) is 0 Å². The summed E-state index contributed by atoms with van der Waals surface area (Å²) in [7, 11) is 0. The van der Waals surface area contributed by atoms with Crippen LogP contribution in [0.5, 0.6) is 0 Å². The Labute approximate surface area is 100 Å². The summed E-state index contributed by atoms with van der Waals surface area (Å²) in [5.74, 6) is 0.291. The van der Waals surface area contributed by atoms with E-state index in [-0.39, 0.29) is 6.54 Å². The highest BCUT2D eigenvalue weighted by Gasteiger charge is 2.27. The lowest BCUT2D eigenvalue weighted by Gasteiger charge is -2.07. The van der Waals surface area contributed by atoms with Crippen LogP contribution in [0.15, 0.2) is 24.3 Å². The zero-order chi connectivity index (χ0) is 13.2. The zero-order valence-electron chi connectivity index (χ0n) is 9.22. The predicted molar refractivity (Wildman–Crippen MR) is 58.3 cm³/mol. The molecule has 0 aliphatic carbocycles. The summed E-state index contributed by atoms with van der Waals surface area (Å²) in [5, 5.41) is 10.6. The molecule has 1 aromatic carbocycles. The van der Waals surface area contributed by atoms with Gasteiger partial charge in [0, 0.05) is 11.3 Å². The van der Waals surface area contributed by atoms with Gasteiger partial charge < -0.3 is 5.73 Å². The highest BCUT2D eigenvalue weighted by atomic mass is 19.4. The number of nitrogens with two attached hydrogens (primary N) is 1. The van der Waals surface area contributed by atoms with E-state index in [1.54, 1.807) is 24.3 Å². The molecule has 2 rings (SSSR count). The van der Waals surface area contributed by atoms with Crippen molar-refractivity contribution in [3.8, 4) is 11.4 Å². The molecule has 0 saturated carbocycles. The number of alkyl halides is 3. The molecule has 2 aromatic rings. The molecule has 0 saturated heterocycles. The number of anilines is 1. The largest absolute Gasteiger partial charge is 0.399 e. The molecule has 0 aliphatic heterocycles. The van der Waals surface area contributed by atoms with E-state index in [9.17, 15) is 13.2 Å². The Kier molecular flexibility index (Phi) is 3.17. The van der Waals surface area contributed by atoms with Crippen molar-refractivity contribution in [2.75, 3.05) is 5.73 Å². The molecule has 0 bridgehead atoms. The first kappa shape index (κ1) is 12.3. The molecule has 0 fully saturated rings. The van der Waals surface area contributed by atoms with Gasteiger partial charge in [0.15, 0.2) is 5.82 Å². The molecular formula is C10H10F3N5. The van der Waals surface area contributed by atoms with E-state index in [4.69, 9.17) is 5.73 Å². The second-order valence-corrected chi connectivity index (χ2v) is 3.71. The summed E-state index contributed by atoms with van der Waals surface area (Å²) in [5.41, 5.74) is 6.71. The molecule has 96 valence electrons. The van der Waals surface area contributed by atoms with E-state index in [0.29, 0.717) is 17.1 Å². The van der Waals surface area contributed by atoms with Crippen molar-refractivity contribution in [3.05, 3.63) is 24.3 Å². The topological polar surface area (TPSA) is 69.6 Å². The van der Waals surface area contributed by atoms with Crippen LogP contribution < -0.4 is 5.73 Å². The lowest BCUT2D eigenvalue weighted by Crippen LogP contribution is -2.14. The van der Waals surface area contributed by atoms with Crippen LogP contribution in [-0.4, -0.2) is 26.4 Å². The maximum Gasteiger partial charge on any atom is 0.390 e. The minimum atomic E-state index is -4.23. The monoisotopic (exact) mass is 257 g/mol. The molecule has 0 aliphatic rings. The SMILES string of the molecule is Nc1ccc(-c2nnnn2CCC(F)(F)F)cc1. The van der Waals surface area contributed by atoms with E-state index in [0.717, 1.165) is 4.68 Å². The van der Waals surface area contributed by atoms with Crippen LogP contribution in [0.3, 0.4) is 0 Å². The number of tetrazole rings is 1. The van der Waals surface area contributed by atoms with Crippen LogP contribution >= 0.6 is 0 Å². The summed E-state index contributed by atoms with van der Waals surface area (Å²) in [4.78, 5) is 0. The number of rotatable bonds is 3. The predicted octanol–water partition coefficient (Wildman–Crippen LogP) is 1.87. The summed E-state index contributed by atoms with van der Waals surface area (Å²) in [6, 6.07) is 6.59. The number of hydrogen-bond donors (Lipinski definition) is 1. The van der Waals surface area contributed by atoms with Gasteiger partial charge in [-0.2, -0.15) is 13.2 Å². The Morgan fingerprint density at radius 1 is 1.17 bits per heavy atom. The summed E-state index contributed by atoms with van der Waals surface area (Å²) in [6.07, 6.45) is -5.20. The third kappa shape index (κ3) is 2.96. The molecule has 0 unspecified atom stereocenters. The van der Waals surface area contributed by atoms with Gasteiger partial charge in [-0.05, 0) is 34.7 Å². The van der Waals surface area contributed by atoms with Gasteiger partial charge in [-0.3, -0.25) is 0 Å². The number of aryl methyl sites for hydroxylation is 1. The lowest BCUT2D eigenvalue weighted by molar-refractivity contribution is -0.137. The summed E-state index contributed by atoms with van der Waals surface area (Å²) < 4.78 is 37.5. The maximum absolute atomic E-state index is 12.1. The quantitative estimate of drug-likeness (QED) is 0.852. The fourth-order valence-corrected chi connectivity index (χ4v) is 1.43. The number of nitrogen functional groups attached to an aromatic ring is 1. The molecule has 1 heterocycles. The van der Waals surface area contributed by atoms with Crippen molar-refractivity contribution in [2.24, 2.45) is 0 Å². The Morgan fingerprint density at radius 3 is 2.44 bits per heavy atom. The molecule has 0 radical (unpaired) electrons. The fraction of sp³-hybridized carbons (Fsp3) is 0.300. The number of aromatic nitrogens is 4. The van der Waals surface area contributed by atoms with E-state index >= 15 is 0 Å². The van der Waals surface area contributed by atoms with Gasteiger partial charge in [0.1, 0.15) is 0 Å². The lowest BCUT2D eigenvalue weighted by atomic mass is 10.2. The first-order valence-corrected chi connectivity index (χ1v) is 5.14. The van der Waals surface area contributed by atoms with E-state index < -0.39 is 12.6 Å². The second kappa shape index (κ2) is 4.63. The van der Waals surface area contributed by atoms with Gasteiger partial charge in [0.05, 0.1) is 13.0 Å². The third-order valence-electron chi connectivity index (χ3n) is 2.31. The van der Waals surface area contributed by atoms with Crippen LogP contribution in [0.2, 0.25) is 0 Å². The maximum atomic E-state index is 12.1. The van der Waals surface area contributed by atoms with E-state index in [1.165, 1.54) is 0 Å². The Morgan fingerprint density at radius 2 is 1.83 bits per heavy atom. The average molecular weight is 257 g/mol. The van der Waals surface area contributed by atoms with Crippen LogP contribution in [0.25, 0.3) is 11.4 Å². The molecule has 0 amide bonds. The average Bonchev–Trinajstić information content (AvgIpc) is 2.75. The van der Waals surface area contributed by atoms with Crippen LogP contribution in [-0.2, 0) is 6.54 Å². The number of halogens is 3. The van der Waals surface area contributed by atoms with E-state index in [1.807, 2.05) is 0 Å². The zero-order valence-corrected chi connectivity index (χ0v) is 9.22. The second-order valence-electron chi connectivity index (χ2n) is 3.71. The molecule has 0 atom stereocenters. The standard InChI is InChI=1S/C10H10F3N5/c11-10(12,13)5-6-18-9(15-16-17-18)7-1-3-8(14)4-2-7/h1-4H,5-6,14H2. The highest BCUT2D eigenvalue weighted by Crippen LogP contribution is 2.22. The first-order chi connectivity index (χ1) is 8.46. The van der Waals surface area contributed by atoms with Crippen molar-refractivity contribution < 1.29 is 13.2 Å². The highest BCUT2D eigenvalue weighted by molar-refractivity contribution is 5.58. The number of hydrogen-bond acceptors (Lipinski definition) is 4. The Hall–Kier alpha value is -2.12. The summed E-state index contributed by atoms with van der Waals surface area (Å²) >= 11 is 0. The number of benzene rings is 1. The molecule has 1 aromatic heterocycles. The van der Waals surface area contributed by atoms with Gasteiger partial charge in [0.25, 0.3) is 0 Å². The smallest absolute Gasteiger partial charge is 0.390 e. The van der Waals surface area contributed by atoms with Gasteiger partial charge in [-0.15, -0.1) is 5.10 Å². The van der Waals surface area contributed by atoms with Crippen molar-refractivity contribution in [3.63, 3.8) is 0 Å². The fourth-order valence-electron chi connectivity index (χ4n) is 1.43. The molecule has 5 nitrogen and oxygen atoms in total. The third-order valence-corrected chi connectivity index (χ3v) is 2.31. The molecular weight excluding hydrogens is 247 g/mol. The minimum absolute atomic E-state index is 0.291. The van der Waals surface area contributed by atoms with Crippen LogP contribution in [0, 0.1) is 0 Å². The van der Waals surface area contributed by atoms with Crippen LogP contribution in [0.1, 0.15) is 6.42 Å². The molecule has 2 N–H and O–H groups in total. The van der Waals surface area contributed by atoms with E-state index in [2.05, 4.69) is 15.5 Å². The van der Waals surface area contributed by atoms with Gasteiger partial charge in [-0.25, -0.2) is 4.68 Å². The molecule has 0 spiro atoms. The number of nitrogens with zero attached hydrogens (tertiary/aromatic N) is 4. The van der Waals surface area contributed by atoms with Crippen molar-refractivity contribution in [1.82, 2.24) is 20.2 Å². The molecule has 8 heteroatoms. The van der Waals surface area contributed by atoms with Crippen molar-refractivity contribution >= 4 is 5.69 Å². The Bertz CT molecular complexity index is 517. The molecule has 18 heavy (non-hydrogen) atoms. The minimum Gasteiger partial charge on any atom is -0.399 e. The van der Waals surface area contributed by atoms with Crippen molar-refractivity contribution in [2.45, 2.75) is 19.1 Å². The first-order valence-electron chi connectivity index (χ1n) is 5.14. The van der Waals surface area contributed by atoms with Gasteiger partial charge in [-0.1, -0.05) is 0 Å². The Balaban J connectivity index is 2.20. The van der Waals surface area contributed by atoms with Crippen LogP contribution in [0.4, 0.5) is 18.9 Å². The van der Waals surface area contributed by atoms with Gasteiger partial charge >= 0.3 is 6.18 Å².